The van der Waals surface area contributed by atoms with E-state index < -0.39 is 12.1 Å². The highest BCUT2D eigenvalue weighted by Crippen LogP contribution is 2.32. The molecule has 2 aliphatic heterocycles. The molecule has 0 aromatic heterocycles. The third kappa shape index (κ3) is 4.54. The van der Waals surface area contributed by atoms with Gasteiger partial charge in [0.15, 0.2) is 0 Å². The first-order chi connectivity index (χ1) is 13.5. The van der Waals surface area contributed by atoms with Crippen molar-refractivity contribution < 1.29 is 14.4 Å². The van der Waals surface area contributed by atoms with Crippen molar-refractivity contribution in [2.75, 3.05) is 6.54 Å². The van der Waals surface area contributed by atoms with E-state index in [4.69, 9.17) is 0 Å². The van der Waals surface area contributed by atoms with Gasteiger partial charge in [-0.2, -0.15) is 0 Å². The number of carbonyl (C=O) groups excluding carboxylic acids is 3. The molecule has 2 heterocycles. The monoisotopic (exact) mass is 385 g/mol. The molecule has 0 radical (unpaired) electrons. The Morgan fingerprint density at radius 2 is 1.86 bits per heavy atom. The molecular weight excluding hydrogens is 354 g/mol. The second-order valence-corrected chi connectivity index (χ2v) is 7.97. The molecule has 0 saturated carbocycles. The average Bonchev–Trinajstić information content (AvgIpc) is 3.15. The Kier molecular flexibility index (Phi) is 6.70. The van der Waals surface area contributed by atoms with Crippen molar-refractivity contribution in [1.29, 1.82) is 0 Å². The first-order valence-corrected chi connectivity index (χ1v) is 10.5. The molecule has 2 fully saturated rings. The number of rotatable bonds is 7. The van der Waals surface area contributed by atoms with Gasteiger partial charge < -0.3 is 15.5 Å². The van der Waals surface area contributed by atoms with Crippen LogP contribution in [0.25, 0.3) is 0 Å². The molecule has 1 aromatic rings. The zero-order chi connectivity index (χ0) is 20.1. The number of piperidine rings is 1. The van der Waals surface area contributed by atoms with Crippen molar-refractivity contribution in [3.05, 3.63) is 35.9 Å². The van der Waals surface area contributed by atoms with E-state index in [-0.39, 0.29) is 29.7 Å². The van der Waals surface area contributed by atoms with E-state index in [9.17, 15) is 14.4 Å². The van der Waals surface area contributed by atoms with Crippen LogP contribution in [0.2, 0.25) is 0 Å². The summed E-state index contributed by atoms with van der Waals surface area (Å²) in [5.41, 5.74) is 1.17. The van der Waals surface area contributed by atoms with Gasteiger partial charge in [-0.05, 0) is 44.1 Å². The Morgan fingerprint density at radius 3 is 2.57 bits per heavy atom. The lowest BCUT2D eigenvalue weighted by molar-refractivity contribution is -0.146. The molecule has 0 unspecified atom stereocenters. The fourth-order valence-electron chi connectivity index (χ4n) is 4.15. The molecule has 4 atom stereocenters. The van der Waals surface area contributed by atoms with Crippen LogP contribution in [-0.4, -0.2) is 47.3 Å². The number of nitrogens with one attached hydrogen (secondary N) is 2. The van der Waals surface area contributed by atoms with Crippen molar-refractivity contribution >= 4 is 17.7 Å². The van der Waals surface area contributed by atoms with Crippen LogP contribution in [0.4, 0.5) is 0 Å². The Bertz CT molecular complexity index is 706. The maximum Gasteiger partial charge on any atom is 0.246 e. The van der Waals surface area contributed by atoms with E-state index in [2.05, 4.69) is 10.6 Å². The molecule has 3 amide bonds. The molecular formula is C22H31N3O3. The molecule has 0 aliphatic carbocycles. The lowest BCUT2D eigenvalue weighted by Crippen LogP contribution is -2.59. The van der Waals surface area contributed by atoms with Gasteiger partial charge in [-0.25, -0.2) is 0 Å². The molecule has 6 heteroatoms. The van der Waals surface area contributed by atoms with Crippen LogP contribution in [-0.2, 0) is 20.8 Å². The maximum absolute atomic E-state index is 13.0. The number of nitrogens with zero attached hydrogens (tertiary/aromatic N) is 1. The number of hydrogen-bond acceptors (Lipinski definition) is 3. The normalized spacial score (nSPS) is 25.1. The van der Waals surface area contributed by atoms with Gasteiger partial charge in [0.25, 0.3) is 0 Å². The van der Waals surface area contributed by atoms with Gasteiger partial charge in [0.2, 0.25) is 17.7 Å². The minimum atomic E-state index is -0.504. The third-order valence-corrected chi connectivity index (χ3v) is 6.08. The maximum atomic E-state index is 13.0. The molecule has 0 bridgehead atoms. The van der Waals surface area contributed by atoms with Gasteiger partial charge in [0.1, 0.15) is 12.1 Å². The Labute approximate surface area is 167 Å². The molecule has 2 saturated heterocycles. The average molecular weight is 386 g/mol. The summed E-state index contributed by atoms with van der Waals surface area (Å²) >= 11 is 0. The molecule has 1 aromatic carbocycles. The number of carbonyl (C=O) groups is 3. The van der Waals surface area contributed by atoms with Crippen LogP contribution in [0.5, 0.6) is 0 Å². The SMILES string of the molecule is CC[C@@H](C)C(=O)N[C@H]1CC[C@H]2CC[C@@H](C(=O)NCCc3ccccc3)N2C1=O. The number of hydrogen-bond donors (Lipinski definition) is 2. The second-order valence-electron chi connectivity index (χ2n) is 7.97. The topological polar surface area (TPSA) is 78.5 Å². The molecule has 28 heavy (non-hydrogen) atoms. The first-order valence-electron chi connectivity index (χ1n) is 10.5. The van der Waals surface area contributed by atoms with Crippen molar-refractivity contribution in [1.82, 2.24) is 15.5 Å². The summed E-state index contributed by atoms with van der Waals surface area (Å²) in [6.07, 6.45) is 4.56. The van der Waals surface area contributed by atoms with Crippen LogP contribution in [0.15, 0.2) is 30.3 Å². The summed E-state index contributed by atoms with van der Waals surface area (Å²) in [5.74, 6) is -0.377. The highest BCUT2D eigenvalue weighted by atomic mass is 16.2. The Morgan fingerprint density at radius 1 is 1.14 bits per heavy atom. The summed E-state index contributed by atoms with van der Waals surface area (Å²) in [7, 11) is 0. The summed E-state index contributed by atoms with van der Waals surface area (Å²) in [5, 5.41) is 5.88. The largest absolute Gasteiger partial charge is 0.354 e. The number of benzene rings is 1. The number of fused-ring (bicyclic) bond motifs is 1. The van der Waals surface area contributed by atoms with Crippen molar-refractivity contribution in [2.45, 2.75) is 70.5 Å². The van der Waals surface area contributed by atoms with Crippen molar-refractivity contribution in [2.24, 2.45) is 5.92 Å². The fraction of sp³-hybridized carbons (Fsp3) is 0.591. The van der Waals surface area contributed by atoms with E-state index in [1.54, 1.807) is 4.90 Å². The molecule has 2 aliphatic rings. The van der Waals surface area contributed by atoms with E-state index in [1.807, 2.05) is 44.2 Å². The summed E-state index contributed by atoms with van der Waals surface area (Å²) in [6, 6.07) is 9.21. The minimum Gasteiger partial charge on any atom is -0.354 e. The van der Waals surface area contributed by atoms with Gasteiger partial charge in [-0.3, -0.25) is 14.4 Å². The van der Waals surface area contributed by atoms with E-state index in [0.717, 1.165) is 25.7 Å². The Hall–Kier alpha value is -2.37. The molecule has 6 nitrogen and oxygen atoms in total. The summed E-state index contributed by atoms with van der Waals surface area (Å²) in [6.45, 7) is 4.38. The van der Waals surface area contributed by atoms with Crippen LogP contribution < -0.4 is 10.6 Å². The standard InChI is InChI=1S/C22H31N3O3/c1-3-15(2)20(26)24-18-11-9-17-10-12-19(25(17)22(18)28)21(27)23-14-13-16-7-5-4-6-8-16/h4-8,15,17-19H,3,9-14H2,1-2H3,(H,23,27)(H,24,26)/t15-,17+,18+,19+/m1/s1. The zero-order valence-electron chi connectivity index (χ0n) is 16.8. The predicted molar refractivity (Wildman–Crippen MR) is 107 cm³/mol. The Balaban J connectivity index is 1.56. The molecule has 2 N–H and O–H groups in total. The van der Waals surface area contributed by atoms with Gasteiger partial charge in [-0.15, -0.1) is 0 Å². The van der Waals surface area contributed by atoms with Crippen LogP contribution >= 0.6 is 0 Å². The van der Waals surface area contributed by atoms with Gasteiger partial charge >= 0.3 is 0 Å². The minimum absolute atomic E-state index is 0.0811. The van der Waals surface area contributed by atoms with Crippen molar-refractivity contribution in [3.63, 3.8) is 0 Å². The van der Waals surface area contributed by atoms with E-state index >= 15 is 0 Å². The predicted octanol–water partition coefficient (Wildman–Crippen LogP) is 2.03. The van der Waals surface area contributed by atoms with E-state index in [0.29, 0.717) is 19.4 Å². The van der Waals surface area contributed by atoms with E-state index in [1.165, 1.54) is 5.56 Å². The van der Waals surface area contributed by atoms with Crippen LogP contribution in [0, 0.1) is 5.92 Å². The van der Waals surface area contributed by atoms with Crippen molar-refractivity contribution in [3.8, 4) is 0 Å². The summed E-state index contributed by atoms with van der Waals surface area (Å²) < 4.78 is 0. The number of amides is 3. The smallest absolute Gasteiger partial charge is 0.246 e. The van der Waals surface area contributed by atoms with Gasteiger partial charge in [0, 0.05) is 18.5 Å². The lowest BCUT2D eigenvalue weighted by Gasteiger charge is -2.38. The fourth-order valence-corrected chi connectivity index (χ4v) is 4.15. The van der Waals surface area contributed by atoms with Gasteiger partial charge in [0.05, 0.1) is 0 Å². The molecule has 0 spiro atoms. The highest BCUT2D eigenvalue weighted by Gasteiger charge is 2.46. The zero-order valence-corrected chi connectivity index (χ0v) is 16.8. The quantitative estimate of drug-likeness (QED) is 0.754. The van der Waals surface area contributed by atoms with Crippen LogP contribution in [0.3, 0.4) is 0 Å². The van der Waals surface area contributed by atoms with Gasteiger partial charge in [-0.1, -0.05) is 44.2 Å². The summed E-state index contributed by atoms with van der Waals surface area (Å²) in [4.78, 5) is 39.7. The first kappa shape index (κ1) is 20.4. The molecule has 3 rings (SSSR count). The second kappa shape index (κ2) is 9.22. The third-order valence-electron chi connectivity index (χ3n) is 6.08. The molecule has 152 valence electrons. The van der Waals surface area contributed by atoms with Crippen LogP contribution in [0.1, 0.15) is 51.5 Å². The lowest BCUT2D eigenvalue weighted by atomic mass is 9.97. The highest BCUT2D eigenvalue weighted by molar-refractivity contribution is 5.93.